The van der Waals surface area contributed by atoms with Gasteiger partial charge in [0.25, 0.3) is 0 Å². The molecule has 0 spiro atoms. The van der Waals surface area contributed by atoms with Gasteiger partial charge in [-0.2, -0.15) is 0 Å². The summed E-state index contributed by atoms with van der Waals surface area (Å²) in [6, 6.07) is 1.81. The molecule has 0 radical (unpaired) electrons. The zero-order chi connectivity index (χ0) is 17.7. The molecule has 2 heterocycles. The fraction of sp³-hybridized carbons (Fsp3) is 0.688. The van der Waals surface area contributed by atoms with Crippen molar-refractivity contribution in [2.75, 3.05) is 25.1 Å². The number of halogens is 1. The molecule has 134 valence electrons. The van der Waals surface area contributed by atoms with Crippen molar-refractivity contribution in [3.63, 3.8) is 0 Å². The van der Waals surface area contributed by atoms with Crippen LogP contribution in [0.4, 0.5) is 4.79 Å². The molecule has 5 nitrogen and oxygen atoms in total. The Hall–Kier alpha value is -0.660. The molecule has 1 fully saturated rings. The molecule has 0 atom stereocenters. The van der Waals surface area contributed by atoms with Gasteiger partial charge in [0.15, 0.2) is 5.16 Å². The van der Waals surface area contributed by atoms with Crippen molar-refractivity contribution >= 4 is 41.2 Å². The van der Waals surface area contributed by atoms with E-state index in [0.29, 0.717) is 16.2 Å². The van der Waals surface area contributed by atoms with Gasteiger partial charge in [0.1, 0.15) is 15.8 Å². The molecule has 0 N–H and O–H groups in total. The molecular formula is C16H24ClN3O2S2. The molecule has 0 unspecified atom stereocenters. The van der Waals surface area contributed by atoms with E-state index >= 15 is 0 Å². The van der Waals surface area contributed by atoms with Gasteiger partial charge < -0.3 is 9.64 Å². The summed E-state index contributed by atoms with van der Waals surface area (Å²) in [5.41, 5.74) is -0.439. The van der Waals surface area contributed by atoms with Crippen LogP contribution >= 0.6 is 35.1 Å². The molecule has 1 aliphatic heterocycles. The van der Waals surface area contributed by atoms with Crippen LogP contribution in [0.15, 0.2) is 16.2 Å². The van der Waals surface area contributed by atoms with Gasteiger partial charge in [0.2, 0.25) is 0 Å². The summed E-state index contributed by atoms with van der Waals surface area (Å²) < 4.78 is 5.43. The zero-order valence-electron chi connectivity index (χ0n) is 14.5. The Morgan fingerprint density at radius 3 is 2.62 bits per heavy atom. The van der Waals surface area contributed by atoms with Crippen LogP contribution in [0.2, 0.25) is 5.15 Å². The number of rotatable bonds is 4. The second-order valence-corrected chi connectivity index (χ2v) is 8.94. The highest BCUT2D eigenvalue weighted by Gasteiger charge is 2.26. The highest BCUT2D eigenvalue weighted by atomic mass is 35.5. The lowest BCUT2D eigenvalue weighted by Crippen LogP contribution is -2.42. The van der Waals surface area contributed by atoms with Gasteiger partial charge in [-0.15, -0.1) is 11.8 Å². The predicted molar refractivity (Wildman–Crippen MR) is 100 cm³/mol. The summed E-state index contributed by atoms with van der Waals surface area (Å²) >= 11 is 9.22. The normalized spacial score (nSPS) is 16.3. The van der Waals surface area contributed by atoms with Crippen LogP contribution in [0.3, 0.4) is 0 Å². The number of piperidine rings is 1. The molecule has 1 aromatic rings. The molecule has 0 saturated carbocycles. The molecule has 2 rings (SSSR count). The second kappa shape index (κ2) is 8.63. The van der Waals surface area contributed by atoms with Gasteiger partial charge in [-0.25, -0.2) is 14.8 Å². The van der Waals surface area contributed by atoms with Crippen molar-refractivity contribution in [3.05, 3.63) is 11.2 Å². The number of carbonyl (C=O) groups is 1. The fourth-order valence-electron chi connectivity index (χ4n) is 2.35. The van der Waals surface area contributed by atoms with E-state index in [-0.39, 0.29) is 6.09 Å². The van der Waals surface area contributed by atoms with Crippen LogP contribution in [0.25, 0.3) is 0 Å². The number of ether oxygens (including phenoxy) is 1. The summed E-state index contributed by atoms with van der Waals surface area (Å²) in [5.74, 6) is 1.55. The van der Waals surface area contributed by atoms with Crippen molar-refractivity contribution < 1.29 is 9.53 Å². The summed E-state index contributed by atoms with van der Waals surface area (Å²) in [5, 5.41) is 2.09. The SMILES string of the molecule is CSc1nc(Cl)cc(SCC2CCN(C(=O)OC(C)(C)C)CC2)n1. The van der Waals surface area contributed by atoms with Gasteiger partial charge in [-0.3, -0.25) is 0 Å². The van der Waals surface area contributed by atoms with Gasteiger partial charge in [-0.05, 0) is 45.8 Å². The van der Waals surface area contributed by atoms with Crippen LogP contribution in [0, 0.1) is 5.92 Å². The Bertz CT molecular complexity index is 573. The van der Waals surface area contributed by atoms with Gasteiger partial charge in [0.05, 0.1) is 0 Å². The van der Waals surface area contributed by atoms with Gasteiger partial charge in [-0.1, -0.05) is 23.4 Å². The first-order valence-electron chi connectivity index (χ1n) is 7.96. The maximum atomic E-state index is 12.1. The largest absolute Gasteiger partial charge is 0.444 e. The average Bonchev–Trinajstić information content (AvgIpc) is 2.51. The van der Waals surface area contributed by atoms with E-state index in [2.05, 4.69) is 9.97 Å². The molecule has 8 heteroatoms. The quantitative estimate of drug-likeness (QED) is 0.426. The second-order valence-electron chi connectivity index (χ2n) is 6.74. The Morgan fingerprint density at radius 1 is 1.38 bits per heavy atom. The van der Waals surface area contributed by atoms with Gasteiger partial charge in [0, 0.05) is 24.9 Å². The number of carbonyl (C=O) groups excluding carboxylic acids is 1. The fourth-order valence-corrected chi connectivity index (χ4v) is 4.18. The van der Waals surface area contributed by atoms with Crippen LogP contribution in [0.1, 0.15) is 33.6 Å². The highest BCUT2D eigenvalue weighted by Crippen LogP contribution is 2.28. The van der Waals surface area contributed by atoms with E-state index < -0.39 is 5.60 Å². The van der Waals surface area contributed by atoms with Crippen molar-refractivity contribution in [1.29, 1.82) is 0 Å². The number of hydrogen-bond donors (Lipinski definition) is 0. The molecule has 1 aliphatic rings. The minimum Gasteiger partial charge on any atom is -0.444 e. The highest BCUT2D eigenvalue weighted by molar-refractivity contribution is 7.99. The van der Waals surface area contributed by atoms with E-state index in [9.17, 15) is 4.79 Å². The summed E-state index contributed by atoms with van der Waals surface area (Å²) in [6.07, 6.45) is 3.70. The Kier molecular flexibility index (Phi) is 7.07. The van der Waals surface area contributed by atoms with E-state index in [1.54, 1.807) is 16.7 Å². The van der Waals surface area contributed by atoms with E-state index in [0.717, 1.165) is 36.7 Å². The third-order valence-electron chi connectivity index (χ3n) is 3.57. The minimum atomic E-state index is -0.439. The number of hydrogen-bond acceptors (Lipinski definition) is 6. The molecule has 0 aromatic carbocycles. The lowest BCUT2D eigenvalue weighted by Gasteiger charge is -2.33. The number of likely N-dealkylation sites (tertiary alicyclic amines) is 1. The third-order valence-corrected chi connectivity index (χ3v) is 5.45. The van der Waals surface area contributed by atoms with Crippen LogP contribution in [0.5, 0.6) is 0 Å². The van der Waals surface area contributed by atoms with E-state index in [1.807, 2.05) is 33.1 Å². The standard InChI is InChI=1S/C16H24ClN3O2S2/c1-16(2,3)22-15(21)20-7-5-11(6-8-20)10-24-13-9-12(17)18-14(19-13)23-4/h9,11H,5-8,10H2,1-4H3. The van der Waals surface area contributed by atoms with E-state index in [1.165, 1.54) is 11.8 Å². The minimum absolute atomic E-state index is 0.208. The molecule has 24 heavy (non-hydrogen) atoms. The third kappa shape index (κ3) is 6.33. The smallest absolute Gasteiger partial charge is 0.410 e. The Balaban J connectivity index is 1.79. The lowest BCUT2D eigenvalue weighted by atomic mass is 9.99. The lowest BCUT2D eigenvalue weighted by molar-refractivity contribution is 0.0191. The van der Waals surface area contributed by atoms with Crippen molar-refractivity contribution in [2.24, 2.45) is 5.92 Å². The monoisotopic (exact) mass is 389 g/mol. The topological polar surface area (TPSA) is 55.3 Å². The number of nitrogens with zero attached hydrogens (tertiary/aromatic N) is 3. The van der Waals surface area contributed by atoms with Crippen molar-refractivity contribution in [3.8, 4) is 0 Å². The Labute approximate surface area is 157 Å². The summed E-state index contributed by atoms with van der Waals surface area (Å²) in [6.45, 7) is 7.18. The molecular weight excluding hydrogens is 366 g/mol. The van der Waals surface area contributed by atoms with Crippen LogP contribution in [-0.4, -0.2) is 51.7 Å². The van der Waals surface area contributed by atoms with Gasteiger partial charge >= 0.3 is 6.09 Å². The first kappa shape index (κ1) is 19.7. The summed E-state index contributed by atoms with van der Waals surface area (Å²) in [7, 11) is 0. The Morgan fingerprint density at radius 2 is 2.04 bits per heavy atom. The van der Waals surface area contributed by atoms with Crippen molar-refractivity contribution in [1.82, 2.24) is 14.9 Å². The molecule has 0 bridgehead atoms. The summed E-state index contributed by atoms with van der Waals surface area (Å²) in [4.78, 5) is 22.5. The average molecular weight is 390 g/mol. The molecule has 1 amide bonds. The molecule has 0 aliphatic carbocycles. The first-order valence-corrected chi connectivity index (χ1v) is 10.5. The van der Waals surface area contributed by atoms with Crippen LogP contribution < -0.4 is 0 Å². The number of aromatic nitrogens is 2. The van der Waals surface area contributed by atoms with Crippen LogP contribution in [-0.2, 0) is 4.74 Å². The molecule has 1 saturated heterocycles. The maximum Gasteiger partial charge on any atom is 0.410 e. The van der Waals surface area contributed by atoms with Crippen molar-refractivity contribution in [2.45, 2.75) is 49.4 Å². The first-order chi connectivity index (χ1) is 11.3. The zero-order valence-corrected chi connectivity index (χ0v) is 16.9. The van der Waals surface area contributed by atoms with E-state index in [4.69, 9.17) is 16.3 Å². The number of thioether (sulfide) groups is 2. The number of amides is 1. The molecule has 1 aromatic heterocycles. The maximum absolute atomic E-state index is 12.1. The predicted octanol–water partition coefficient (Wildman–Crippen LogP) is 4.59.